The average molecular weight is 446 g/mol. The van der Waals surface area contributed by atoms with Crippen LogP contribution in [0.1, 0.15) is 24.8 Å². The Morgan fingerprint density at radius 3 is 2.87 bits per heavy atom. The molecular weight excluding hydrogens is 418 g/mol. The lowest BCUT2D eigenvalue weighted by atomic mass is 10.0. The van der Waals surface area contributed by atoms with Gasteiger partial charge in [-0.25, -0.2) is 0 Å². The van der Waals surface area contributed by atoms with E-state index in [1.54, 1.807) is 4.90 Å². The molecule has 1 unspecified atom stereocenters. The van der Waals surface area contributed by atoms with Crippen LogP contribution in [0.2, 0.25) is 5.02 Å². The fourth-order valence-electron chi connectivity index (χ4n) is 3.97. The van der Waals surface area contributed by atoms with Crippen molar-refractivity contribution in [2.75, 3.05) is 40.1 Å². The Kier molecular flexibility index (Phi) is 7.33. The molecular formula is C24H28ClNO5. The molecule has 0 N–H and O–H groups in total. The van der Waals surface area contributed by atoms with Crippen LogP contribution in [-0.2, 0) is 20.8 Å². The van der Waals surface area contributed by atoms with Crippen LogP contribution in [0, 0.1) is 0 Å². The Bertz CT molecular complexity index is 913. The van der Waals surface area contributed by atoms with Crippen molar-refractivity contribution >= 4 is 17.5 Å². The zero-order valence-electron chi connectivity index (χ0n) is 17.8. The quantitative estimate of drug-likeness (QED) is 0.662. The van der Waals surface area contributed by atoms with Gasteiger partial charge in [-0.05, 0) is 54.7 Å². The molecule has 0 aliphatic carbocycles. The highest BCUT2D eigenvalue weighted by molar-refractivity contribution is 6.30. The maximum Gasteiger partial charge on any atom is 0.248 e. The summed E-state index contributed by atoms with van der Waals surface area (Å²) in [6.45, 7) is 2.63. The van der Waals surface area contributed by atoms with Crippen LogP contribution in [0.25, 0.3) is 11.1 Å². The minimum Gasteiger partial charge on any atom is -0.487 e. The number of methoxy groups -OCH3 is 1. The third kappa shape index (κ3) is 5.50. The minimum atomic E-state index is -0.0646. The molecule has 1 fully saturated rings. The molecule has 1 saturated heterocycles. The summed E-state index contributed by atoms with van der Waals surface area (Å²) in [5, 5.41) is 0.665. The van der Waals surface area contributed by atoms with Crippen molar-refractivity contribution in [2.24, 2.45) is 0 Å². The lowest BCUT2D eigenvalue weighted by Gasteiger charge is -2.24. The van der Waals surface area contributed by atoms with Gasteiger partial charge in [0.25, 0.3) is 0 Å². The molecule has 7 heteroatoms. The number of carbonyl (C=O) groups is 1. The van der Waals surface area contributed by atoms with Gasteiger partial charge in [-0.3, -0.25) is 4.79 Å². The maximum atomic E-state index is 12.5. The molecule has 4 rings (SSSR count). The topological polar surface area (TPSA) is 57.2 Å². The number of carbonyl (C=O) groups excluding carboxylic acids is 1. The first-order valence-corrected chi connectivity index (χ1v) is 11.1. The highest BCUT2D eigenvalue weighted by Gasteiger charge is 2.24. The molecule has 1 atom stereocenters. The van der Waals surface area contributed by atoms with Crippen molar-refractivity contribution in [1.29, 1.82) is 0 Å². The van der Waals surface area contributed by atoms with Gasteiger partial charge in [0.1, 0.15) is 19.8 Å². The number of benzene rings is 2. The van der Waals surface area contributed by atoms with Crippen molar-refractivity contribution < 1.29 is 23.7 Å². The van der Waals surface area contributed by atoms with Crippen LogP contribution >= 0.6 is 11.6 Å². The Morgan fingerprint density at radius 1 is 1.19 bits per heavy atom. The number of rotatable bonds is 6. The van der Waals surface area contributed by atoms with Gasteiger partial charge in [-0.1, -0.05) is 23.7 Å². The molecule has 0 bridgehead atoms. The van der Waals surface area contributed by atoms with E-state index >= 15 is 0 Å². The normalized spacial score (nSPS) is 18.6. The summed E-state index contributed by atoms with van der Waals surface area (Å²) >= 11 is 6.23. The van der Waals surface area contributed by atoms with E-state index in [-0.39, 0.29) is 18.6 Å². The van der Waals surface area contributed by atoms with Gasteiger partial charge in [0, 0.05) is 30.8 Å². The van der Waals surface area contributed by atoms with Gasteiger partial charge in [0.05, 0.1) is 12.6 Å². The number of ether oxygens (including phenoxy) is 4. The summed E-state index contributed by atoms with van der Waals surface area (Å²) in [6.07, 6.45) is 3.34. The molecule has 31 heavy (non-hydrogen) atoms. The van der Waals surface area contributed by atoms with E-state index < -0.39 is 0 Å². The maximum absolute atomic E-state index is 12.5. The van der Waals surface area contributed by atoms with Gasteiger partial charge < -0.3 is 23.8 Å². The summed E-state index contributed by atoms with van der Waals surface area (Å²) in [4.78, 5) is 14.2. The van der Waals surface area contributed by atoms with Crippen LogP contribution in [0.4, 0.5) is 0 Å². The molecule has 2 aromatic rings. The molecule has 6 nitrogen and oxygen atoms in total. The van der Waals surface area contributed by atoms with Crippen molar-refractivity contribution in [2.45, 2.75) is 31.9 Å². The predicted molar refractivity (Wildman–Crippen MR) is 119 cm³/mol. The van der Waals surface area contributed by atoms with Crippen molar-refractivity contribution in [1.82, 2.24) is 4.90 Å². The molecule has 2 heterocycles. The van der Waals surface area contributed by atoms with Gasteiger partial charge in [0.2, 0.25) is 5.91 Å². The third-order valence-corrected chi connectivity index (χ3v) is 5.81. The first-order chi connectivity index (χ1) is 15.1. The number of amides is 1. The Labute approximate surface area is 188 Å². The summed E-state index contributed by atoms with van der Waals surface area (Å²) < 4.78 is 23.2. The molecule has 0 radical (unpaired) electrons. The second kappa shape index (κ2) is 10.4. The van der Waals surface area contributed by atoms with Crippen molar-refractivity contribution in [3.8, 4) is 22.6 Å². The van der Waals surface area contributed by atoms with E-state index in [9.17, 15) is 4.79 Å². The zero-order valence-corrected chi connectivity index (χ0v) is 18.5. The van der Waals surface area contributed by atoms with Crippen LogP contribution < -0.4 is 9.47 Å². The lowest BCUT2D eigenvalue weighted by Crippen LogP contribution is -2.34. The number of halogens is 1. The number of nitrogens with zero attached hydrogens (tertiary/aromatic N) is 1. The van der Waals surface area contributed by atoms with E-state index in [1.807, 2.05) is 36.4 Å². The molecule has 0 aromatic heterocycles. The van der Waals surface area contributed by atoms with Crippen LogP contribution in [-0.4, -0.2) is 57.0 Å². The molecule has 166 valence electrons. The van der Waals surface area contributed by atoms with Crippen molar-refractivity contribution in [3.63, 3.8) is 0 Å². The Hall–Kier alpha value is -2.28. The van der Waals surface area contributed by atoms with Gasteiger partial charge in [0.15, 0.2) is 11.5 Å². The van der Waals surface area contributed by atoms with Crippen molar-refractivity contribution in [3.05, 3.63) is 47.0 Å². The fourth-order valence-corrected chi connectivity index (χ4v) is 4.17. The third-order valence-electron chi connectivity index (χ3n) is 5.58. The second-order valence-electron chi connectivity index (χ2n) is 7.87. The minimum absolute atomic E-state index is 0.0473. The highest BCUT2D eigenvalue weighted by Crippen LogP contribution is 2.39. The van der Waals surface area contributed by atoms with Crippen LogP contribution in [0.5, 0.6) is 11.5 Å². The summed E-state index contributed by atoms with van der Waals surface area (Å²) in [5.41, 5.74) is 2.84. The van der Waals surface area contributed by atoms with E-state index in [0.717, 1.165) is 42.6 Å². The monoisotopic (exact) mass is 445 g/mol. The summed E-state index contributed by atoms with van der Waals surface area (Å²) in [7, 11) is 1.52. The predicted octanol–water partition coefficient (Wildman–Crippen LogP) is 4.32. The zero-order chi connectivity index (χ0) is 21.6. The Morgan fingerprint density at radius 2 is 2.10 bits per heavy atom. The molecule has 0 spiro atoms. The lowest BCUT2D eigenvalue weighted by molar-refractivity contribution is -0.135. The van der Waals surface area contributed by atoms with E-state index in [1.165, 1.54) is 7.11 Å². The van der Waals surface area contributed by atoms with Gasteiger partial charge >= 0.3 is 0 Å². The highest BCUT2D eigenvalue weighted by atomic mass is 35.5. The standard InChI is InChI=1S/C24H28ClNO5/c1-28-16-23(27)26-8-10-30-24-19(14-26)11-18(17-5-4-6-20(25)12-17)13-22(24)31-15-21-7-2-3-9-29-21/h4-6,11-13,21H,2-3,7-10,14-16H2,1H3. The van der Waals surface area contributed by atoms with Gasteiger partial charge in [-0.2, -0.15) is 0 Å². The van der Waals surface area contributed by atoms with Crippen LogP contribution in [0.3, 0.4) is 0 Å². The molecule has 2 aliphatic heterocycles. The molecule has 0 saturated carbocycles. The summed E-state index contributed by atoms with van der Waals surface area (Å²) in [5.74, 6) is 1.29. The number of fused-ring (bicyclic) bond motifs is 1. The first-order valence-electron chi connectivity index (χ1n) is 10.7. The number of hydrogen-bond acceptors (Lipinski definition) is 5. The largest absolute Gasteiger partial charge is 0.487 e. The van der Waals surface area contributed by atoms with E-state index in [2.05, 4.69) is 0 Å². The second-order valence-corrected chi connectivity index (χ2v) is 8.31. The van der Waals surface area contributed by atoms with E-state index in [4.69, 9.17) is 30.5 Å². The molecule has 1 amide bonds. The first kappa shape index (κ1) is 21.9. The van der Waals surface area contributed by atoms with E-state index in [0.29, 0.717) is 42.8 Å². The smallest absolute Gasteiger partial charge is 0.248 e. The van der Waals surface area contributed by atoms with Crippen LogP contribution in [0.15, 0.2) is 36.4 Å². The number of hydrogen-bond donors (Lipinski definition) is 0. The SMILES string of the molecule is COCC(=O)N1CCOc2c(cc(-c3cccc(Cl)c3)cc2OCC2CCCCO2)C1. The Balaban J connectivity index is 1.66. The molecule has 2 aliphatic rings. The van der Waals surface area contributed by atoms with Gasteiger partial charge in [-0.15, -0.1) is 0 Å². The molecule has 2 aromatic carbocycles. The average Bonchev–Trinajstić information content (AvgIpc) is 3.01. The summed E-state index contributed by atoms with van der Waals surface area (Å²) in [6, 6.07) is 11.7. The fraction of sp³-hybridized carbons (Fsp3) is 0.458.